The fraction of sp³-hybridized carbons (Fsp3) is 0.562. The molecule has 28 heavy (non-hydrogen) atoms. The van der Waals surface area contributed by atoms with Gasteiger partial charge in [0.05, 0.1) is 52.9 Å². The summed E-state index contributed by atoms with van der Waals surface area (Å²) in [6, 6.07) is 0. The molecule has 7 nitrogen and oxygen atoms in total. The Balaban J connectivity index is 2.17. The molecule has 0 unspecified atom stereocenters. The van der Waals surface area contributed by atoms with Crippen LogP contribution in [-0.4, -0.2) is 70.5 Å². The predicted octanol–water partition coefficient (Wildman–Crippen LogP) is 1.35. The monoisotopic (exact) mass is 418 g/mol. The molecule has 0 heterocycles. The minimum absolute atomic E-state index is 0.0557. The molecule has 0 amide bonds. The first-order valence-corrected chi connectivity index (χ1v) is 8.04. The van der Waals surface area contributed by atoms with Gasteiger partial charge in [-0.1, -0.05) is 0 Å². The van der Waals surface area contributed by atoms with Gasteiger partial charge in [0.2, 0.25) is 34.8 Å². The lowest BCUT2D eigenvalue weighted by Gasteiger charge is -2.09. The minimum Gasteiger partial charge on any atom is -0.418 e. The van der Waals surface area contributed by atoms with Crippen LogP contribution in [0.2, 0.25) is 0 Å². The van der Waals surface area contributed by atoms with Crippen molar-refractivity contribution in [3.8, 4) is 5.75 Å². The molecule has 1 N–H and O–H groups in total. The summed E-state index contributed by atoms with van der Waals surface area (Å²) in [6.45, 7) is 0.469. The lowest BCUT2D eigenvalue weighted by molar-refractivity contribution is -0.140. The van der Waals surface area contributed by atoms with Gasteiger partial charge in [-0.3, -0.25) is 0 Å². The van der Waals surface area contributed by atoms with Gasteiger partial charge in [0.15, 0.2) is 0 Å². The number of aliphatic hydroxyl groups excluding tert-OH is 1. The van der Waals surface area contributed by atoms with Crippen molar-refractivity contribution < 1.29 is 55.5 Å². The van der Waals surface area contributed by atoms with Crippen molar-refractivity contribution in [2.24, 2.45) is 0 Å². The second-order valence-corrected chi connectivity index (χ2v) is 4.99. The van der Waals surface area contributed by atoms with Crippen LogP contribution in [0.4, 0.5) is 22.0 Å². The summed E-state index contributed by atoms with van der Waals surface area (Å²) >= 11 is 0. The first kappa shape index (κ1) is 24.2. The lowest BCUT2D eigenvalue weighted by Crippen LogP contribution is -2.20. The molecule has 0 aliphatic heterocycles. The van der Waals surface area contributed by atoms with Crippen LogP contribution in [0.25, 0.3) is 0 Å². The van der Waals surface area contributed by atoms with Crippen molar-refractivity contribution in [3.05, 3.63) is 29.1 Å². The Labute approximate surface area is 156 Å². The van der Waals surface area contributed by atoms with E-state index in [4.69, 9.17) is 24.1 Å². The summed E-state index contributed by atoms with van der Waals surface area (Å²) in [5, 5.41) is 8.47. The maximum absolute atomic E-state index is 13.4. The predicted molar refractivity (Wildman–Crippen MR) is 82.2 cm³/mol. The van der Waals surface area contributed by atoms with Crippen molar-refractivity contribution in [3.63, 3.8) is 0 Å². The highest BCUT2D eigenvalue weighted by Gasteiger charge is 2.28. The maximum atomic E-state index is 13.4. The molecule has 1 rings (SSSR count). The van der Waals surface area contributed by atoms with E-state index in [0.717, 1.165) is 0 Å². The van der Waals surface area contributed by atoms with Crippen LogP contribution in [0.3, 0.4) is 0 Å². The zero-order chi connectivity index (χ0) is 20.9. The van der Waals surface area contributed by atoms with E-state index in [1.54, 1.807) is 0 Å². The normalized spacial score (nSPS) is 11.1. The zero-order valence-electron chi connectivity index (χ0n) is 14.7. The molecule has 1 aromatic rings. The molecule has 1 aromatic carbocycles. The summed E-state index contributed by atoms with van der Waals surface area (Å²) in [4.78, 5) is 11.4. The van der Waals surface area contributed by atoms with Crippen LogP contribution in [0.5, 0.6) is 5.75 Å². The Morgan fingerprint density at radius 1 is 0.643 bits per heavy atom. The van der Waals surface area contributed by atoms with E-state index in [1.165, 1.54) is 0 Å². The second kappa shape index (κ2) is 13.3. The highest BCUT2D eigenvalue weighted by atomic mass is 19.2. The molecule has 160 valence electrons. The van der Waals surface area contributed by atoms with Gasteiger partial charge < -0.3 is 28.8 Å². The van der Waals surface area contributed by atoms with Gasteiger partial charge in [-0.2, -0.15) is 8.78 Å². The van der Waals surface area contributed by atoms with Crippen LogP contribution in [0.15, 0.2) is 0 Å². The summed E-state index contributed by atoms with van der Waals surface area (Å²) < 4.78 is 89.7. The number of aliphatic hydroxyl groups is 1. The molecule has 0 aliphatic carbocycles. The fourth-order valence-electron chi connectivity index (χ4n) is 1.70. The summed E-state index contributed by atoms with van der Waals surface area (Å²) in [5.74, 6) is -14.4. The number of ether oxygens (including phenoxy) is 5. The SMILES string of the molecule is O=C(COCCOCCOCCOCCO)Oc1c(F)c(F)c(F)c(F)c1F. The average molecular weight is 418 g/mol. The number of halogens is 5. The quantitative estimate of drug-likeness (QED) is 0.122. The van der Waals surface area contributed by atoms with Crippen LogP contribution in [-0.2, 0) is 23.7 Å². The Hall–Kier alpha value is -1.86. The van der Waals surface area contributed by atoms with Crippen molar-refractivity contribution in [1.82, 2.24) is 0 Å². The molecule has 0 atom stereocenters. The largest absolute Gasteiger partial charge is 0.418 e. The van der Waals surface area contributed by atoms with Crippen LogP contribution in [0, 0.1) is 29.1 Å². The number of carbonyl (C=O) groups is 1. The first-order chi connectivity index (χ1) is 13.4. The van der Waals surface area contributed by atoms with Crippen LogP contribution in [0.1, 0.15) is 0 Å². The van der Waals surface area contributed by atoms with Gasteiger partial charge >= 0.3 is 5.97 Å². The van der Waals surface area contributed by atoms with E-state index in [2.05, 4.69) is 4.74 Å². The molecule has 0 saturated heterocycles. The molecule has 0 aromatic heterocycles. The highest BCUT2D eigenvalue weighted by Crippen LogP contribution is 2.29. The Kier molecular flexibility index (Phi) is 11.5. The van der Waals surface area contributed by atoms with Crippen LogP contribution >= 0.6 is 0 Å². The number of rotatable bonds is 14. The van der Waals surface area contributed by atoms with E-state index in [0.29, 0.717) is 13.2 Å². The maximum Gasteiger partial charge on any atom is 0.337 e. The first-order valence-electron chi connectivity index (χ1n) is 8.04. The molecule has 0 spiro atoms. The van der Waals surface area contributed by atoms with E-state index < -0.39 is 47.4 Å². The summed E-state index contributed by atoms with van der Waals surface area (Å²) in [5.41, 5.74) is 0. The molecule has 0 bridgehead atoms. The third-order valence-corrected chi connectivity index (χ3v) is 2.96. The van der Waals surface area contributed by atoms with Gasteiger partial charge in [-0.15, -0.1) is 0 Å². The van der Waals surface area contributed by atoms with Crippen molar-refractivity contribution in [2.45, 2.75) is 0 Å². The van der Waals surface area contributed by atoms with E-state index in [9.17, 15) is 26.7 Å². The number of hydrogen-bond donors (Lipinski definition) is 1. The number of carbonyl (C=O) groups excluding carboxylic acids is 1. The average Bonchev–Trinajstić information content (AvgIpc) is 2.69. The minimum atomic E-state index is -2.36. The molecule has 0 saturated carbocycles. The molecular formula is C16H19F5O7. The van der Waals surface area contributed by atoms with Crippen LogP contribution < -0.4 is 4.74 Å². The standard InChI is InChI=1S/C16H19F5O7/c17-11-12(18)14(20)16(15(21)13(11)19)28-10(23)9-27-8-7-26-6-5-25-4-3-24-2-1-22/h22H,1-9H2. The van der Waals surface area contributed by atoms with Gasteiger partial charge in [0.1, 0.15) is 6.61 Å². The Morgan fingerprint density at radius 2 is 1.04 bits per heavy atom. The third kappa shape index (κ3) is 8.02. The van der Waals surface area contributed by atoms with Gasteiger partial charge in [-0.25, -0.2) is 18.0 Å². The van der Waals surface area contributed by atoms with E-state index >= 15 is 0 Å². The van der Waals surface area contributed by atoms with Gasteiger partial charge in [0.25, 0.3) is 0 Å². The Bertz CT molecular complexity index is 601. The molecule has 0 radical (unpaired) electrons. The number of benzene rings is 1. The topological polar surface area (TPSA) is 83.5 Å². The molecular weight excluding hydrogens is 399 g/mol. The highest BCUT2D eigenvalue weighted by molar-refractivity contribution is 5.73. The number of hydrogen-bond acceptors (Lipinski definition) is 7. The Morgan fingerprint density at radius 3 is 1.50 bits per heavy atom. The van der Waals surface area contributed by atoms with Crippen molar-refractivity contribution in [2.75, 3.05) is 59.5 Å². The summed E-state index contributed by atoms with van der Waals surface area (Å²) in [6.07, 6.45) is 0. The third-order valence-electron chi connectivity index (χ3n) is 2.96. The molecule has 12 heteroatoms. The van der Waals surface area contributed by atoms with Crippen molar-refractivity contribution >= 4 is 5.97 Å². The lowest BCUT2D eigenvalue weighted by atomic mass is 10.2. The fourth-order valence-corrected chi connectivity index (χ4v) is 1.70. The summed E-state index contributed by atoms with van der Waals surface area (Å²) in [7, 11) is 0. The molecule has 0 fully saturated rings. The zero-order valence-corrected chi connectivity index (χ0v) is 14.7. The van der Waals surface area contributed by atoms with Crippen molar-refractivity contribution in [1.29, 1.82) is 0 Å². The van der Waals surface area contributed by atoms with E-state index in [-0.39, 0.29) is 39.6 Å². The van der Waals surface area contributed by atoms with E-state index in [1.807, 2.05) is 0 Å². The molecule has 0 aliphatic rings. The smallest absolute Gasteiger partial charge is 0.337 e. The van der Waals surface area contributed by atoms with Gasteiger partial charge in [-0.05, 0) is 0 Å². The number of esters is 1. The second-order valence-electron chi connectivity index (χ2n) is 4.99. The van der Waals surface area contributed by atoms with Gasteiger partial charge in [0, 0.05) is 0 Å².